The molecule has 0 aromatic carbocycles. The van der Waals surface area contributed by atoms with Gasteiger partial charge in [0.15, 0.2) is 0 Å². The molecule has 0 saturated heterocycles. The van der Waals surface area contributed by atoms with E-state index in [1.165, 1.54) is 13.1 Å². The largest absolute Gasteiger partial charge is 0.242 e. The van der Waals surface area contributed by atoms with Crippen LogP contribution in [0.5, 0.6) is 0 Å². The Hall–Kier alpha value is -0.860. The van der Waals surface area contributed by atoms with Crippen molar-refractivity contribution in [3.63, 3.8) is 0 Å². The average Bonchev–Trinajstić information content (AvgIpc) is 1.91. The molecule has 3 heteroatoms. The van der Waals surface area contributed by atoms with Crippen molar-refractivity contribution in [1.82, 2.24) is 9.78 Å². The first-order chi connectivity index (χ1) is 3.30. The summed E-state index contributed by atoms with van der Waals surface area (Å²) in [5.41, 5.74) is 0. The van der Waals surface area contributed by atoms with E-state index >= 15 is 0 Å². The number of rotatable bonds is 0. The maximum atomic E-state index is 11.9. The minimum absolute atomic E-state index is 0.361. The molecule has 1 aromatic heterocycles. The van der Waals surface area contributed by atoms with E-state index in [4.69, 9.17) is 0 Å². The lowest BCUT2D eigenvalue weighted by Crippen LogP contribution is -1.91. The second kappa shape index (κ2) is 1.33. The van der Waals surface area contributed by atoms with Gasteiger partial charge in [0.1, 0.15) is 6.20 Å². The van der Waals surface area contributed by atoms with Crippen LogP contribution in [-0.2, 0) is 7.05 Å². The maximum Gasteiger partial charge on any atom is 0.211 e. The smallest absolute Gasteiger partial charge is 0.211 e. The highest BCUT2D eigenvalue weighted by Gasteiger charge is 1.89. The normalized spacial score (nSPS) is 9.43. The highest BCUT2D eigenvalue weighted by Crippen LogP contribution is 1.87. The Morgan fingerprint density at radius 1 is 2.00 bits per heavy atom. The van der Waals surface area contributed by atoms with Gasteiger partial charge >= 0.3 is 0 Å². The first-order valence-corrected chi connectivity index (χ1v) is 1.86. The van der Waals surface area contributed by atoms with Crippen LogP contribution in [0, 0.1) is 12.1 Å². The van der Waals surface area contributed by atoms with Gasteiger partial charge in [0.2, 0.25) is 5.95 Å². The van der Waals surface area contributed by atoms with Crippen LogP contribution in [0.15, 0.2) is 6.07 Å². The molecule has 1 heterocycles. The third kappa shape index (κ3) is 0.607. The fourth-order valence-corrected chi connectivity index (χ4v) is 0.310. The minimum atomic E-state index is -0.361. The number of hydrogen-bond acceptors (Lipinski definition) is 1. The van der Waals surface area contributed by atoms with Gasteiger partial charge in [-0.3, -0.25) is 0 Å². The molecule has 7 heavy (non-hydrogen) atoms. The molecule has 1 radical (unpaired) electrons. The van der Waals surface area contributed by atoms with Crippen molar-refractivity contribution in [3.05, 3.63) is 18.2 Å². The van der Waals surface area contributed by atoms with Gasteiger partial charge < -0.3 is 0 Å². The van der Waals surface area contributed by atoms with Gasteiger partial charge in [-0.2, -0.15) is 9.49 Å². The van der Waals surface area contributed by atoms with E-state index in [2.05, 4.69) is 11.3 Å². The van der Waals surface area contributed by atoms with E-state index in [0.29, 0.717) is 0 Å². The number of nitrogens with zero attached hydrogens (tertiary/aromatic N) is 2. The summed E-state index contributed by atoms with van der Waals surface area (Å²) in [7, 11) is 1.52. The second-order valence-electron chi connectivity index (χ2n) is 1.22. The van der Waals surface area contributed by atoms with Gasteiger partial charge in [0.25, 0.3) is 0 Å². The summed E-state index contributed by atoms with van der Waals surface area (Å²) in [5.74, 6) is -0.361. The molecule has 37 valence electrons. The Balaban J connectivity index is 3.12. The van der Waals surface area contributed by atoms with Crippen molar-refractivity contribution in [1.29, 1.82) is 0 Å². The molecule has 0 aliphatic rings. The van der Waals surface area contributed by atoms with Gasteiger partial charge in [0, 0.05) is 13.1 Å². The van der Waals surface area contributed by atoms with Crippen molar-refractivity contribution in [2.75, 3.05) is 0 Å². The lowest BCUT2D eigenvalue weighted by Gasteiger charge is -1.82. The van der Waals surface area contributed by atoms with Crippen LogP contribution in [0.4, 0.5) is 4.39 Å². The monoisotopic (exact) mass is 99.0 g/mol. The molecule has 1 rings (SSSR count). The van der Waals surface area contributed by atoms with Crippen molar-refractivity contribution in [3.8, 4) is 0 Å². The van der Waals surface area contributed by atoms with Crippen molar-refractivity contribution < 1.29 is 4.39 Å². The molecule has 0 N–H and O–H groups in total. The zero-order valence-electron chi connectivity index (χ0n) is 3.85. The highest BCUT2D eigenvalue weighted by atomic mass is 19.1. The van der Waals surface area contributed by atoms with E-state index in [0.717, 1.165) is 4.68 Å². The fourth-order valence-electron chi connectivity index (χ4n) is 0.310. The summed E-state index contributed by atoms with van der Waals surface area (Å²) < 4.78 is 13.1. The Labute approximate surface area is 40.6 Å². The Morgan fingerprint density at radius 2 is 2.71 bits per heavy atom. The topological polar surface area (TPSA) is 17.8 Å². The SMILES string of the molecule is Cn1n[c]cc1F. The first-order valence-electron chi connectivity index (χ1n) is 1.86. The van der Waals surface area contributed by atoms with E-state index in [1.54, 1.807) is 0 Å². The van der Waals surface area contributed by atoms with Gasteiger partial charge in [-0.05, 0) is 0 Å². The van der Waals surface area contributed by atoms with E-state index in [9.17, 15) is 4.39 Å². The molecular weight excluding hydrogens is 95.1 g/mol. The van der Waals surface area contributed by atoms with Crippen molar-refractivity contribution >= 4 is 0 Å². The minimum Gasteiger partial charge on any atom is -0.242 e. The summed E-state index contributed by atoms with van der Waals surface area (Å²) in [5, 5.41) is 3.43. The Morgan fingerprint density at radius 3 is 2.86 bits per heavy atom. The molecule has 0 unspecified atom stereocenters. The predicted molar refractivity (Wildman–Crippen MR) is 22.0 cm³/mol. The fraction of sp³-hybridized carbons (Fsp3) is 0.250. The lowest BCUT2D eigenvalue weighted by molar-refractivity contribution is 0.504. The van der Waals surface area contributed by atoms with Gasteiger partial charge in [-0.1, -0.05) is 0 Å². The number of hydrogen-bond donors (Lipinski definition) is 0. The molecule has 0 aliphatic carbocycles. The van der Waals surface area contributed by atoms with Crippen LogP contribution in [0.3, 0.4) is 0 Å². The van der Waals surface area contributed by atoms with Crippen LogP contribution in [0.2, 0.25) is 0 Å². The van der Waals surface area contributed by atoms with E-state index in [1.807, 2.05) is 0 Å². The summed E-state index contributed by atoms with van der Waals surface area (Å²) in [6, 6.07) is 1.18. The molecule has 1 aromatic rings. The molecule has 0 aliphatic heterocycles. The van der Waals surface area contributed by atoms with Crippen LogP contribution in [0.1, 0.15) is 0 Å². The molecule has 0 saturated carbocycles. The standard InChI is InChI=1S/C4H4FN2/c1-7-4(5)2-3-6-7/h2H,1H3. The Bertz CT molecular complexity index is 142. The lowest BCUT2D eigenvalue weighted by atomic mass is 10.7. The second-order valence-corrected chi connectivity index (χ2v) is 1.22. The maximum absolute atomic E-state index is 11.9. The summed E-state index contributed by atoms with van der Waals surface area (Å²) >= 11 is 0. The third-order valence-electron chi connectivity index (χ3n) is 0.701. The molecular formula is C4H4FN2. The molecule has 2 nitrogen and oxygen atoms in total. The summed E-state index contributed by atoms with van der Waals surface area (Å²) in [4.78, 5) is 0. The number of aryl methyl sites for hydroxylation is 1. The molecule has 0 atom stereocenters. The summed E-state index contributed by atoms with van der Waals surface area (Å²) in [6.45, 7) is 0. The number of halogens is 1. The molecule has 0 fully saturated rings. The summed E-state index contributed by atoms with van der Waals surface area (Å²) in [6.07, 6.45) is 2.34. The third-order valence-corrected chi connectivity index (χ3v) is 0.701. The van der Waals surface area contributed by atoms with Crippen LogP contribution in [-0.4, -0.2) is 9.78 Å². The van der Waals surface area contributed by atoms with Crippen LogP contribution >= 0.6 is 0 Å². The highest BCUT2D eigenvalue weighted by molar-refractivity contribution is 4.78. The zero-order chi connectivity index (χ0) is 5.28. The van der Waals surface area contributed by atoms with Crippen molar-refractivity contribution in [2.45, 2.75) is 0 Å². The molecule has 0 bridgehead atoms. The van der Waals surface area contributed by atoms with Gasteiger partial charge in [0.05, 0.1) is 0 Å². The number of aromatic nitrogens is 2. The van der Waals surface area contributed by atoms with Crippen LogP contribution < -0.4 is 0 Å². The van der Waals surface area contributed by atoms with Gasteiger partial charge in [-0.25, -0.2) is 4.68 Å². The van der Waals surface area contributed by atoms with Crippen LogP contribution in [0.25, 0.3) is 0 Å². The zero-order valence-corrected chi connectivity index (χ0v) is 3.85. The predicted octanol–water partition coefficient (Wildman–Crippen LogP) is 0.359. The van der Waals surface area contributed by atoms with E-state index in [-0.39, 0.29) is 5.95 Å². The molecule has 0 amide bonds. The van der Waals surface area contributed by atoms with E-state index < -0.39 is 0 Å². The van der Waals surface area contributed by atoms with Gasteiger partial charge in [-0.15, -0.1) is 0 Å². The first kappa shape index (κ1) is 4.30. The van der Waals surface area contributed by atoms with Crippen molar-refractivity contribution in [2.24, 2.45) is 7.05 Å². The quantitative estimate of drug-likeness (QED) is 0.459. The average molecular weight is 99.1 g/mol. The molecule has 0 spiro atoms. The Kier molecular flexibility index (Phi) is 0.817.